The number of benzene rings is 2. The van der Waals surface area contributed by atoms with Crippen LogP contribution in [0.1, 0.15) is 15.9 Å². The molecule has 0 aliphatic heterocycles. The summed E-state index contributed by atoms with van der Waals surface area (Å²) in [6.45, 7) is -0.0151. The van der Waals surface area contributed by atoms with Crippen molar-refractivity contribution in [1.29, 1.82) is 0 Å². The summed E-state index contributed by atoms with van der Waals surface area (Å²) in [6, 6.07) is 9.14. The molecule has 0 aromatic heterocycles. The van der Waals surface area contributed by atoms with Crippen LogP contribution < -0.4 is 4.72 Å². The third-order valence-corrected chi connectivity index (χ3v) is 4.76. The molecule has 0 atom stereocenters. The average molecular weight is 358 g/mol. The number of sulfonamides is 1. The molecule has 2 rings (SSSR count). The zero-order valence-electron chi connectivity index (χ0n) is 12.0. The molecule has 23 heavy (non-hydrogen) atoms. The quantitative estimate of drug-likeness (QED) is 0.835. The van der Waals surface area contributed by atoms with E-state index in [2.05, 4.69) is 9.46 Å². The van der Waals surface area contributed by atoms with Crippen molar-refractivity contribution < 1.29 is 22.3 Å². The predicted octanol–water partition coefficient (Wildman–Crippen LogP) is 2.74. The van der Waals surface area contributed by atoms with Gasteiger partial charge in [-0.1, -0.05) is 23.7 Å². The van der Waals surface area contributed by atoms with E-state index in [1.54, 1.807) is 0 Å². The van der Waals surface area contributed by atoms with Crippen molar-refractivity contribution in [3.8, 4) is 0 Å². The van der Waals surface area contributed by atoms with Gasteiger partial charge in [-0.2, -0.15) is 0 Å². The summed E-state index contributed by atoms with van der Waals surface area (Å²) < 4.78 is 44.3. The number of nitrogens with one attached hydrogen (secondary N) is 1. The number of carbonyl (C=O) groups excluding carboxylic acids is 1. The average Bonchev–Trinajstić information content (AvgIpc) is 2.54. The lowest BCUT2D eigenvalue weighted by Gasteiger charge is -2.09. The second-order valence-electron chi connectivity index (χ2n) is 4.58. The lowest BCUT2D eigenvalue weighted by molar-refractivity contribution is 0.0600. The minimum absolute atomic E-state index is 0.0151. The summed E-state index contributed by atoms with van der Waals surface area (Å²) >= 11 is 5.86. The first-order chi connectivity index (χ1) is 10.8. The van der Waals surface area contributed by atoms with Crippen molar-refractivity contribution in [2.45, 2.75) is 11.4 Å². The van der Waals surface area contributed by atoms with Gasteiger partial charge in [0.05, 0.1) is 22.6 Å². The molecule has 0 amide bonds. The van der Waals surface area contributed by atoms with Crippen LogP contribution in [0, 0.1) is 5.82 Å². The molecule has 5 nitrogen and oxygen atoms in total. The Balaban J connectivity index is 2.22. The fraction of sp³-hybridized carbons (Fsp3) is 0.133. The topological polar surface area (TPSA) is 72.5 Å². The highest BCUT2D eigenvalue weighted by atomic mass is 35.5. The van der Waals surface area contributed by atoms with Crippen LogP contribution in [0.15, 0.2) is 47.4 Å². The summed E-state index contributed by atoms with van der Waals surface area (Å²) in [7, 11) is -2.69. The maximum atomic E-state index is 12.8. The number of rotatable bonds is 5. The van der Waals surface area contributed by atoms with E-state index in [0.29, 0.717) is 5.56 Å². The second-order valence-corrected chi connectivity index (χ2v) is 6.76. The van der Waals surface area contributed by atoms with Crippen LogP contribution in [0.2, 0.25) is 5.02 Å². The van der Waals surface area contributed by atoms with E-state index in [9.17, 15) is 17.6 Å². The van der Waals surface area contributed by atoms with Crippen LogP contribution in [0.3, 0.4) is 0 Å². The Hall–Kier alpha value is -1.96. The Bertz CT molecular complexity index is 822. The molecule has 0 unspecified atom stereocenters. The van der Waals surface area contributed by atoms with Gasteiger partial charge in [0.2, 0.25) is 10.0 Å². The maximum absolute atomic E-state index is 12.8. The number of ether oxygens (including phenoxy) is 1. The smallest absolute Gasteiger partial charge is 0.339 e. The summed E-state index contributed by atoms with van der Waals surface area (Å²) in [4.78, 5) is 11.4. The number of carbonyl (C=O) groups is 1. The largest absolute Gasteiger partial charge is 0.465 e. The highest BCUT2D eigenvalue weighted by molar-refractivity contribution is 7.89. The molecule has 0 radical (unpaired) electrons. The fourth-order valence-electron chi connectivity index (χ4n) is 1.80. The second kappa shape index (κ2) is 7.08. The van der Waals surface area contributed by atoms with Crippen LogP contribution >= 0.6 is 11.6 Å². The van der Waals surface area contributed by atoms with E-state index in [-0.39, 0.29) is 22.0 Å². The number of methoxy groups -OCH3 is 1. The molecule has 0 saturated carbocycles. The molecule has 1 N–H and O–H groups in total. The van der Waals surface area contributed by atoms with Gasteiger partial charge < -0.3 is 4.74 Å². The van der Waals surface area contributed by atoms with Gasteiger partial charge >= 0.3 is 5.97 Å². The molecule has 0 saturated heterocycles. The molecule has 0 heterocycles. The van der Waals surface area contributed by atoms with E-state index < -0.39 is 21.8 Å². The number of hydrogen-bond acceptors (Lipinski definition) is 4. The van der Waals surface area contributed by atoms with E-state index in [1.165, 1.54) is 43.5 Å². The van der Waals surface area contributed by atoms with E-state index in [1.807, 2.05) is 0 Å². The zero-order chi connectivity index (χ0) is 17.0. The molecule has 2 aromatic carbocycles. The van der Waals surface area contributed by atoms with Crippen LogP contribution in [-0.2, 0) is 21.3 Å². The van der Waals surface area contributed by atoms with Gasteiger partial charge in [-0.15, -0.1) is 0 Å². The van der Waals surface area contributed by atoms with Crippen molar-refractivity contribution >= 4 is 27.6 Å². The minimum atomic E-state index is -3.86. The predicted molar refractivity (Wildman–Crippen MR) is 83.2 cm³/mol. The first-order valence-electron chi connectivity index (χ1n) is 6.45. The van der Waals surface area contributed by atoms with Crippen LogP contribution in [0.25, 0.3) is 0 Å². The van der Waals surface area contributed by atoms with Gasteiger partial charge in [-0.25, -0.2) is 22.3 Å². The number of halogens is 2. The monoisotopic (exact) mass is 357 g/mol. The summed E-state index contributed by atoms with van der Waals surface area (Å²) in [5, 5.41) is 0.0920. The van der Waals surface area contributed by atoms with E-state index in [0.717, 1.165) is 6.07 Å². The van der Waals surface area contributed by atoms with E-state index >= 15 is 0 Å². The Morgan fingerprint density at radius 1 is 1.22 bits per heavy atom. The SMILES string of the molecule is COC(=O)c1cc(S(=O)(=O)NCc2ccc(F)cc2)ccc1Cl. The van der Waals surface area contributed by atoms with Gasteiger partial charge in [-0.3, -0.25) is 0 Å². The van der Waals surface area contributed by atoms with E-state index in [4.69, 9.17) is 11.6 Å². The Morgan fingerprint density at radius 2 is 1.87 bits per heavy atom. The number of hydrogen-bond donors (Lipinski definition) is 1. The summed E-state index contributed by atoms with van der Waals surface area (Å²) in [5.74, 6) is -1.14. The van der Waals surface area contributed by atoms with Crippen molar-refractivity contribution in [3.05, 3.63) is 64.4 Å². The lowest BCUT2D eigenvalue weighted by atomic mass is 10.2. The van der Waals surface area contributed by atoms with Gasteiger partial charge in [0.1, 0.15) is 5.82 Å². The third-order valence-electron chi connectivity index (χ3n) is 3.03. The minimum Gasteiger partial charge on any atom is -0.465 e. The highest BCUT2D eigenvalue weighted by Gasteiger charge is 2.19. The van der Waals surface area contributed by atoms with Crippen molar-refractivity contribution in [2.75, 3.05) is 7.11 Å². The van der Waals surface area contributed by atoms with Crippen molar-refractivity contribution in [3.63, 3.8) is 0 Å². The molecular formula is C15H13ClFNO4S. The van der Waals surface area contributed by atoms with Crippen LogP contribution in [-0.4, -0.2) is 21.5 Å². The number of esters is 1. The molecular weight excluding hydrogens is 345 g/mol. The molecule has 2 aromatic rings. The van der Waals surface area contributed by atoms with Gasteiger partial charge in [0, 0.05) is 6.54 Å². The first kappa shape index (κ1) is 17.4. The molecule has 0 aliphatic rings. The zero-order valence-corrected chi connectivity index (χ0v) is 13.6. The normalized spacial score (nSPS) is 11.3. The van der Waals surface area contributed by atoms with Crippen molar-refractivity contribution in [2.24, 2.45) is 0 Å². The maximum Gasteiger partial charge on any atom is 0.339 e. The first-order valence-corrected chi connectivity index (χ1v) is 8.31. The molecule has 0 aliphatic carbocycles. The third kappa shape index (κ3) is 4.28. The van der Waals surface area contributed by atoms with Crippen molar-refractivity contribution in [1.82, 2.24) is 4.72 Å². The molecule has 122 valence electrons. The Labute approximate surface area is 138 Å². The Morgan fingerprint density at radius 3 is 2.48 bits per heavy atom. The van der Waals surface area contributed by atoms with Crippen LogP contribution in [0.4, 0.5) is 4.39 Å². The van der Waals surface area contributed by atoms with Gasteiger partial charge in [0.25, 0.3) is 0 Å². The standard InChI is InChI=1S/C15H13ClFNO4S/c1-22-15(19)13-8-12(6-7-14(13)16)23(20,21)18-9-10-2-4-11(17)5-3-10/h2-8,18H,9H2,1H3. The summed E-state index contributed by atoms with van der Waals surface area (Å²) in [6.07, 6.45) is 0. The van der Waals surface area contributed by atoms with Gasteiger partial charge in [0.15, 0.2) is 0 Å². The van der Waals surface area contributed by atoms with Crippen LogP contribution in [0.5, 0.6) is 0 Å². The molecule has 0 fully saturated rings. The summed E-state index contributed by atoms with van der Waals surface area (Å²) in [5.41, 5.74) is 0.552. The highest BCUT2D eigenvalue weighted by Crippen LogP contribution is 2.21. The molecule has 0 bridgehead atoms. The lowest BCUT2D eigenvalue weighted by Crippen LogP contribution is -2.23. The van der Waals surface area contributed by atoms with Gasteiger partial charge in [-0.05, 0) is 35.9 Å². The Kier molecular flexibility index (Phi) is 5.35. The fourth-order valence-corrected chi connectivity index (χ4v) is 3.04. The molecule has 0 spiro atoms. The molecule has 8 heteroatoms.